The number of ether oxygens (including phenoxy) is 2. The number of amides is 4. The van der Waals surface area contributed by atoms with Crippen molar-refractivity contribution < 1.29 is 41.5 Å². The van der Waals surface area contributed by atoms with Gasteiger partial charge in [0.2, 0.25) is 21.8 Å². The Bertz CT molecular complexity index is 2040. The van der Waals surface area contributed by atoms with Crippen LogP contribution < -0.4 is 19.7 Å². The van der Waals surface area contributed by atoms with Crippen LogP contribution in [0.3, 0.4) is 0 Å². The minimum atomic E-state index is -3.98. The molecule has 2 N–H and O–H groups in total. The molecule has 272 valence electrons. The number of anilines is 1. The number of imide groups is 1. The second-order valence-electron chi connectivity index (χ2n) is 13.1. The molecule has 15 heteroatoms. The zero-order chi connectivity index (χ0) is 37.6. The molecule has 2 aliphatic rings. The van der Waals surface area contributed by atoms with Crippen molar-refractivity contribution in [3.63, 3.8) is 0 Å². The summed E-state index contributed by atoms with van der Waals surface area (Å²) in [5, 5.41) is 3.32. The molecule has 3 aromatic rings. The maximum Gasteiger partial charge on any atom is 0.421 e. The van der Waals surface area contributed by atoms with Gasteiger partial charge in [-0.05, 0) is 92.8 Å². The molecule has 0 aliphatic carbocycles. The van der Waals surface area contributed by atoms with Crippen LogP contribution in [0.25, 0.3) is 0 Å². The molecular formula is C36H38Cl2FN3O8S. The number of nitrogens with zero attached hydrogens (tertiary/aromatic N) is 1. The van der Waals surface area contributed by atoms with Crippen LogP contribution in [0.15, 0.2) is 54.6 Å². The van der Waals surface area contributed by atoms with Crippen molar-refractivity contribution in [3.8, 4) is 5.75 Å². The lowest BCUT2D eigenvalue weighted by Crippen LogP contribution is -2.59. The maximum atomic E-state index is 15.3. The van der Waals surface area contributed by atoms with E-state index >= 15 is 9.18 Å². The maximum absolute atomic E-state index is 15.3. The van der Waals surface area contributed by atoms with Gasteiger partial charge in [-0.3, -0.25) is 14.4 Å². The number of benzene rings is 3. The fourth-order valence-electron chi connectivity index (χ4n) is 7.10. The van der Waals surface area contributed by atoms with Gasteiger partial charge in [0.25, 0.3) is 5.91 Å². The van der Waals surface area contributed by atoms with Gasteiger partial charge < -0.3 is 14.8 Å². The third-order valence-corrected chi connectivity index (χ3v) is 10.5. The number of carbonyl (C=O) groups is 4. The number of nitrogens with one attached hydrogen (secondary N) is 2. The zero-order valence-electron chi connectivity index (χ0n) is 28.8. The third kappa shape index (κ3) is 6.91. The number of piperidine rings is 1. The first-order valence-corrected chi connectivity index (χ1v) is 18.9. The van der Waals surface area contributed by atoms with Crippen LogP contribution >= 0.6 is 23.2 Å². The van der Waals surface area contributed by atoms with E-state index in [4.69, 9.17) is 32.7 Å². The van der Waals surface area contributed by atoms with Crippen molar-refractivity contribution in [3.05, 3.63) is 92.7 Å². The van der Waals surface area contributed by atoms with E-state index in [-0.39, 0.29) is 57.4 Å². The number of halogens is 3. The standard InChI is InChI=1S/C36H38Cl2FN3O8S/c1-7-35(8-2,32(44)41-51(6,47)48)50-29-14-11-21(37)15-25(29)27-18-30(43)40-31(24-17-23(39)12-9-20(24)5)36(27)26-13-10-22(38)16-28(26)42(33(36)45)34(46)49-19(3)4/h9-17,19,27,31H,7-8,18H2,1-6H3,(H,40,43)(H,41,44)/t27-,31+,36-/m1/s1. The topological polar surface area (TPSA) is 148 Å². The normalized spacial score (nSPS) is 20.3. The molecule has 2 heterocycles. The van der Waals surface area contributed by atoms with E-state index in [0.29, 0.717) is 5.56 Å². The van der Waals surface area contributed by atoms with Crippen molar-refractivity contribution in [1.82, 2.24) is 10.0 Å². The van der Waals surface area contributed by atoms with Crippen LogP contribution in [-0.4, -0.2) is 50.2 Å². The van der Waals surface area contributed by atoms with Crippen LogP contribution in [0.1, 0.15) is 81.2 Å². The molecule has 51 heavy (non-hydrogen) atoms. The Hall–Kier alpha value is -4.20. The molecule has 4 amide bonds. The van der Waals surface area contributed by atoms with Crippen LogP contribution in [0.4, 0.5) is 14.9 Å². The number of hydrogen-bond donors (Lipinski definition) is 2. The summed E-state index contributed by atoms with van der Waals surface area (Å²) in [7, 11) is -3.98. The Morgan fingerprint density at radius 1 is 1.04 bits per heavy atom. The van der Waals surface area contributed by atoms with Crippen LogP contribution in [0, 0.1) is 12.7 Å². The minimum absolute atomic E-state index is 0.0312. The van der Waals surface area contributed by atoms with E-state index in [9.17, 15) is 22.8 Å². The van der Waals surface area contributed by atoms with Crippen molar-refractivity contribution >= 4 is 62.7 Å². The molecule has 1 saturated heterocycles. The van der Waals surface area contributed by atoms with Gasteiger partial charge in [-0.1, -0.05) is 49.2 Å². The molecule has 0 saturated carbocycles. The monoisotopic (exact) mass is 761 g/mol. The van der Waals surface area contributed by atoms with Gasteiger partial charge in [-0.2, -0.15) is 0 Å². The number of fused-ring (bicyclic) bond motifs is 2. The fourth-order valence-corrected chi connectivity index (χ4v) is 7.97. The number of rotatable bonds is 9. The van der Waals surface area contributed by atoms with Gasteiger partial charge in [0.15, 0.2) is 5.60 Å². The zero-order valence-corrected chi connectivity index (χ0v) is 31.1. The summed E-state index contributed by atoms with van der Waals surface area (Å²) >= 11 is 13.0. The number of aryl methyl sites for hydroxylation is 1. The molecule has 0 aromatic heterocycles. The summed E-state index contributed by atoms with van der Waals surface area (Å²) in [5.74, 6) is -3.97. The lowest BCUT2D eigenvalue weighted by atomic mass is 9.58. The molecule has 1 spiro atoms. The smallest absolute Gasteiger partial charge is 0.421 e. The number of hydrogen-bond acceptors (Lipinski definition) is 8. The van der Waals surface area contributed by atoms with E-state index < -0.39 is 68.7 Å². The van der Waals surface area contributed by atoms with Gasteiger partial charge in [0, 0.05) is 27.9 Å². The van der Waals surface area contributed by atoms with Crippen LogP contribution in [0.5, 0.6) is 5.75 Å². The lowest BCUT2D eigenvalue weighted by molar-refractivity contribution is -0.136. The predicted octanol–water partition coefficient (Wildman–Crippen LogP) is 6.63. The molecule has 0 unspecified atom stereocenters. The summed E-state index contributed by atoms with van der Waals surface area (Å²) < 4.78 is 53.3. The Morgan fingerprint density at radius 3 is 2.31 bits per heavy atom. The number of sulfonamides is 1. The highest BCUT2D eigenvalue weighted by Crippen LogP contribution is 2.61. The third-order valence-electron chi connectivity index (χ3n) is 9.46. The average molecular weight is 763 g/mol. The van der Waals surface area contributed by atoms with Gasteiger partial charge in [-0.15, -0.1) is 0 Å². The van der Waals surface area contributed by atoms with E-state index in [1.807, 2.05) is 4.72 Å². The molecular weight excluding hydrogens is 724 g/mol. The van der Waals surface area contributed by atoms with Crippen molar-refractivity contribution in [2.75, 3.05) is 11.2 Å². The van der Waals surface area contributed by atoms with Crippen molar-refractivity contribution in [2.45, 2.75) is 83.0 Å². The highest BCUT2D eigenvalue weighted by Gasteiger charge is 2.65. The second kappa shape index (κ2) is 14.1. The first kappa shape index (κ1) is 38.0. The minimum Gasteiger partial charge on any atom is -0.477 e. The van der Waals surface area contributed by atoms with Gasteiger partial charge in [0.05, 0.1) is 24.1 Å². The summed E-state index contributed by atoms with van der Waals surface area (Å²) in [4.78, 5) is 57.3. The number of carbonyl (C=O) groups excluding carboxylic acids is 4. The van der Waals surface area contributed by atoms with E-state index in [2.05, 4.69) is 5.32 Å². The van der Waals surface area contributed by atoms with E-state index in [1.165, 1.54) is 42.5 Å². The van der Waals surface area contributed by atoms with Crippen LogP contribution in [-0.2, 0) is 34.6 Å². The molecule has 1 fully saturated rings. The molecule has 2 aliphatic heterocycles. The first-order chi connectivity index (χ1) is 23.9. The first-order valence-electron chi connectivity index (χ1n) is 16.3. The quantitative estimate of drug-likeness (QED) is 0.247. The fraction of sp³-hybridized carbons (Fsp3) is 0.389. The summed E-state index contributed by atoms with van der Waals surface area (Å²) in [6.45, 7) is 8.25. The summed E-state index contributed by atoms with van der Waals surface area (Å²) in [6.07, 6.45) is -1.04. The SMILES string of the molecule is CCC(CC)(Oc1ccc(Cl)cc1[C@H]1CC(=O)N[C@@H](c2cc(F)ccc2C)[C@]12C(=O)N(C(=O)OC(C)C)c1cc(Cl)ccc12)C(=O)NS(C)(=O)=O. The average Bonchev–Trinajstić information content (AvgIpc) is 3.28. The van der Waals surface area contributed by atoms with Gasteiger partial charge in [-0.25, -0.2) is 27.2 Å². The highest BCUT2D eigenvalue weighted by atomic mass is 35.5. The molecule has 0 radical (unpaired) electrons. The molecule has 5 rings (SSSR count). The molecule has 3 aromatic carbocycles. The Morgan fingerprint density at radius 2 is 1.69 bits per heavy atom. The largest absolute Gasteiger partial charge is 0.477 e. The van der Waals surface area contributed by atoms with E-state index in [1.54, 1.807) is 46.8 Å². The Labute approximate surface area is 305 Å². The molecule has 11 nitrogen and oxygen atoms in total. The Balaban J connectivity index is 1.85. The summed E-state index contributed by atoms with van der Waals surface area (Å²) in [5.41, 5.74) is -2.17. The van der Waals surface area contributed by atoms with Gasteiger partial charge >= 0.3 is 6.09 Å². The second-order valence-corrected chi connectivity index (χ2v) is 15.7. The Kier molecular flexibility index (Phi) is 10.5. The predicted molar refractivity (Wildman–Crippen MR) is 190 cm³/mol. The van der Waals surface area contributed by atoms with Gasteiger partial charge in [0.1, 0.15) is 17.0 Å². The van der Waals surface area contributed by atoms with Crippen molar-refractivity contribution in [2.24, 2.45) is 0 Å². The molecule has 0 bridgehead atoms. The highest BCUT2D eigenvalue weighted by molar-refractivity contribution is 7.89. The lowest BCUT2D eigenvalue weighted by Gasteiger charge is -2.47. The van der Waals surface area contributed by atoms with Crippen LogP contribution in [0.2, 0.25) is 10.0 Å². The van der Waals surface area contributed by atoms with Crippen molar-refractivity contribution in [1.29, 1.82) is 0 Å². The summed E-state index contributed by atoms with van der Waals surface area (Å²) in [6, 6.07) is 11.8. The molecule has 3 atom stereocenters. The van der Waals surface area contributed by atoms with E-state index in [0.717, 1.165) is 11.2 Å².